The van der Waals surface area contributed by atoms with E-state index in [1.165, 1.54) is 11.1 Å². The van der Waals surface area contributed by atoms with E-state index in [2.05, 4.69) is 29.2 Å². The number of carbonyl (C=O) groups excluding carboxylic acids is 1. The number of halogens is 1. The number of aryl methyl sites for hydroxylation is 1. The van der Waals surface area contributed by atoms with Crippen molar-refractivity contribution in [2.24, 2.45) is 22.1 Å². The summed E-state index contributed by atoms with van der Waals surface area (Å²) >= 11 is 6.37. The minimum Gasteiger partial charge on any atom is -0.491 e. The first-order chi connectivity index (χ1) is 18.6. The van der Waals surface area contributed by atoms with Crippen molar-refractivity contribution in [1.82, 2.24) is 0 Å². The van der Waals surface area contributed by atoms with Gasteiger partial charge in [-0.3, -0.25) is 4.79 Å². The van der Waals surface area contributed by atoms with E-state index in [1.807, 2.05) is 50.3 Å². The first-order valence-corrected chi connectivity index (χ1v) is 15.5. The highest BCUT2D eigenvalue weighted by Crippen LogP contribution is 2.35. The number of ether oxygens (including phenoxy) is 1. The van der Waals surface area contributed by atoms with Crippen LogP contribution in [0.1, 0.15) is 68.4 Å². The smallest absolute Gasteiger partial charge is 0.254 e. The van der Waals surface area contributed by atoms with Crippen LogP contribution in [0.25, 0.3) is 0 Å². The minimum absolute atomic E-state index is 0.0110. The van der Waals surface area contributed by atoms with Gasteiger partial charge in [-0.1, -0.05) is 68.7 Å². The second-order valence-electron chi connectivity index (χ2n) is 11.1. The lowest BCUT2D eigenvalue weighted by Crippen LogP contribution is -2.34. The zero-order chi connectivity index (χ0) is 28.1. The Labute approximate surface area is 239 Å². The van der Waals surface area contributed by atoms with E-state index in [0.717, 1.165) is 30.0 Å². The maximum absolute atomic E-state index is 13.2. The zero-order valence-corrected chi connectivity index (χ0v) is 24.9. The van der Waals surface area contributed by atoms with Crippen LogP contribution in [0.4, 0.5) is 5.69 Å². The summed E-state index contributed by atoms with van der Waals surface area (Å²) < 4.78 is 23.3. The highest BCUT2D eigenvalue weighted by molar-refractivity contribution is 7.75. The normalized spacial score (nSPS) is 28.4. The number of aliphatic hydroxyl groups is 1. The van der Waals surface area contributed by atoms with E-state index in [-0.39, 0.29) is 23.0 Å². The molecule has 2 bridgehead atoms. The molecule has 1 N–H and O–H groups in total. The molecule has 8 heteroatoms. The van der Waals surface area contributed by atoms with E-state index in [0.29, 0.717) is 37.4 Å². The van der Waals surface area contributed by atoms with E-state index < -0.39 is 22.6 Å². The molecule has 0 unspecified atom stereocenters. The number of allylic oxidation sites excluding steroid dienone is 1. The average Bonchev–Trinajstić information content (AvgIpc) is 2.94. The monoisotopic (exact) mass is 571 g/mol. The number of amides is 1. The zero-order valence-electron chi connectivity index (χ0n) is 23.3. The summed E-state index contributed by atoms with van der Waals surface area (Å²) in [6, 6.07) is 11.4. The van der Waals surface area contributed by atoms with Gasteiger partial charge in [-0.2, -0.15) is 10.6 Å². The van der Waals surface area contributed by atoms with Crippen molar-refractivity contribution in [2.45, 2.75) is 71.3 Å². The number of fused-ring (bicyclic) bond motifs is 2. The van der Waals surface area contributed by atoms with E-state index in [9.17, 15) is 14.1 Å². The Kier molecular flexibility index (Phi) is 10.1. The van der Waals surface area contributed by atoms with Crippen molar-refractivity contribution in [2.75, 3.05) is 18.1 Å². The SMILES string of the molecule is C[C@H]1[C@@H](O)/C=C/C[C@H](C)[C@@H](C)[S-](=O)=NC(=O)c2ccc3c(c2)N(Cc2ccc(Cl)cc2CCCCO3)C[C@@H]1C. The van der Waals surface area contributed by atoms with Gasteiger partial charge in [0, 0.05) is 23.7 Å². The molecule has 0 saturated carbocycles. The molecule has 39 heavy (non-hydrogen) atoms. The number of anilines is 1. The number of nitrogens with zero attached hydrogens (tertiary/aromatic N) is 2. The van der Waals surface area contributed by atoms with E-state index >= 15 is 0 Å². The number of rotatable bonds is 0. The van der Waals surface area contributed by atoms with Crippen LogP contribution in [0.5, 0.6) is 5.75 Å². The molecule has 5 atom stereocenters. The third-order valence-corrected chi connectivity index (χ3v) is 9.93. The summed E-state index contributed by atoms with van der Waals surface area (Å²) in [6.45, 7) is 9.86. The topological polar surface area (TPSA) is 79.2 Å². The van der Waals surface area contributed by atoms with Gasteiger partial charge >= 0.3 is 0 Å². The molecule has 212 valence electrons. The molecule has 0 aromatic heterocycles. The Morgan fingerprint density at radius 3 is 2.64 bits per heavy atom. The van der Waals surface area contributed by atoms with Crippen molar-refractivity contribution in [1.29, 1.82) is 0 Å². The summed E-state index contributed by atoms with van der Waals surface area (Å²) in [4.78, 5) is 15.4. The standard InChI is InChI=1S/C31H40ClN2O4S/c1-20-8-7-10-29(35)22(3)21(2)18-34-19-26-11-13-27(32)16-24(26)9-5-6-15-38-30-14-12-25(17-28(30)34)31(36)33-39(37)23(20)4/h7,10-14,16-17,20-23,29,35H,5-6,8-9,15,18-19H2,1-4H3/q-1/b10-7+/t20-,21-,22+,23+,29-/m0/s1. The molecular weight excluding hydrogens is 532 g/mol. The van der Waals surface area contributed by atoms with Gasteiger partial charge in [0.1, 0.15) is 5.75 Å². The van der Waals surface area contributed by atoms with Gasteiger partial charge < -0.3 is 23.3 Å². The molecule has 4 rings (SSSR count). The summed E-state index contributed by atoms with van der Waals surface area (Å²) in [5.41, 5.74) is 3.56. The molecule has 2 aromatic rings. The van der Waals surface area contributed by atoms with Gasteiger partial charge in [0.25, 0.3) is 5.91 Å². The maximum Gasteiger partial charge on any atom is 0.254 e. The van der Waals surface area contributed by atoms with Gasteiger partial charge in [0.05, 0.1) is 18.4 Å². The average molecular weight is 572 g/mol. The molecule has 0 spiro atoms. The fourth-order valence-electron chi connectivity index (χ4n) is 5.12. The van der Waals surface area contributed by atoms with Crippen LogP contribution in [0, 0.1) is 17.8 Å². The third-order valence-electron chi connectivity index (χ3n) is 8.25. The fourth-order valence-corrected chi connectivity index (χ4v) is 6.26. The van der Waals surface area contributed by atoms with Crippen LogP contribution in [-0.2, 0) is 27.8 Å². The molecule has 2 aromatic carbocycles. The van der Waals surface area contributed by atoms with Gasteiger partial charge in [0.15, 0.2) is 0 Å². The second kappa shape index (κ2) is 13.3. The van der Waals surface area contributed by atoms with Crippen LogP contribution >= 0.6 is 11.6 Å². The van der Waals surface area contributed by atoms with Crippen molar-refractivity contribution in [3.8, 4) is 5.75 Å². The Balaban J connectivity index is 1.85. The number of benzene rings is 2. The van der Waals surface area contributed by atoms with Crippen LogP contribution in [-0.4, -0.2) is 35.5 Å². The van der Waals surface area contributed by atoms with Crippen LogP contribution in [0.2, 0.25) is 5.02 Å². The Hall–Kier alpha value is -2.35. The van der Waals surface area contributed by atoms with Crippen LogP contribution < -0.4 is 9.64 Å². The van der Waals surface area contributed by atoms with Crippen molar-refractivity contribution in [3.05, 3.63) is 70.3 Å². The van der Waals surface area contributed by atoms with Crippen LogP contribution in [0.3, 0.4) is 0 Å². The molecule has 0 radical (unpaired) electrons. The Bertz CT molecular complexity index is 1290. The van der Waals surface area contributed by atoms with Gasteiger partial charge in [0.2, 0.25) is 0 Å². The highest BCUT2D eigenvalue weighted by Gasteiger charge is 2.25. The lowest BCUT2D eigenvalue weighted by molar-refractivity contribution is 0.100. The van der Waals surface area contributed by atoms with E-state index in [1.54, 1.807) is 6.07 Å². The Morgan fingerprint density at radius 2 is 1.85 bits per heavy atom. The number of hydrogen-bond donors (Lipinski definition) is 1. The predicted octanol–water partition coefficient (Wildman–Crippen LogP) is 6.97. The molecule has 2 aliphatic rings. The summed E-state index contributed by atoms with van der Waals surface area (Å²) in [7, 11) is -1.67. The predicted molar refractivity (Wildman–Crippen MR) is 159 cm³/mol. The summed E-state index contributed by atoms with van der Waals surface area (Å²) in [5.74, 6) is 0.364. The maximum atomic E-state index is 13.2. The molecule has 0 fully saturated rings. The number of hydrogen-bond acceptors (Lipinski definition) is 6. The first-order valence-electron chi connectivity index (χ1n) is 13.9. The summed E-state index contributed by atoms with van der Waals surface area (Å²) in [5, 5.41) is 11.4. The first kappa shape index (κ1) is 29.6. The largest absolute Gasteiger partial charge is 0.491 e. The van der Waals surface area contributed by atoms with Crippen molar-refractivity contribution in [3.63, 3.8) is 0 Å². The van der Waals surface area contributed by atoms with E-state index in [4.69, 9.17) is 16.3 Å². The molecular formula is C31H40ClN2O4S-. The second-order valence-corrected chi connectivity index (χ2v) is 13.0. The highest BCUT2D eigenvalue weighted by atomic mass is 35.5. The Morgan fingerprint density at radius 1 is 1.05 bits per heavy atom. The molecule has 1 amide bonds. The van der Waals surface area contributed by atoms with Crippen molar-refractivity contribution < 1.29 is 18.8 Å². The fraction of sp³-hybridized carbons (Fsp3) is 0.516. The van der Waals surface area contributed by atoms with Crippen LogP contribution in [0.15, 0.2) is 52.9 Å². The van der Waals surface area contributed by atoms with Gasteiger partial charge in [-0.05, 0) is 79.0 Å². The van der Waals surface area contributed by atoms with Gasteiger partial charge in [-0.25, -0.2) is 0 Å². The lowest BCUT2D eigenvalue weighted by Gasteiger charge is -2.33. The molecule has 2 heterocycles. The molecule has 0 saturated heterocycles. The molecule has 6 nitrogen and oxygen atoms in total. The van der Waals surface area contributed by atoms with Gasteiger partial charge in [-0.15, -0.1) is 0 Å². The lowest BCUT2D eigenvalue weighted by atomic mass is 9.89. The quantitative estimate of drug-likeness (QED) is 0.273. The molecule has 2 aliphatic heterocycles. The molecule has 0 aliphatic carbocycles. The summed E-state index contributed by atoms with van der Waals surface area (Å²) in [6.07, 6.45) is 6.63. The third kappa shape index (κ3) is 7.44. The van der Waals surface area contributed by atoms with Crippen molar-refractivity contribution >= 4 is 33.8 Å². The minimum atomic E-state index is -1.67. The number of aliphatic hydroxyl groups excluding tert-OH is 1. The number of carbonyl (C=O) groups is 1.